The topological polar surface area (TPSA) is 127 Å². The molecule has 0 atom stereocenters. The average Bonchev–Trinajstić information content (AvgIpc) is 2.59. The van der Waals surface area contributed by atoms with E-state index in [2.05, 4.69) is 31.9 Å². The molecular formula is C16H18Br2N2O4. The Morgan fingerprint density at radius 1 is 0.792 bits per heavy atom. The lowest BCUT2D eigenvalue weighted by molar-refractivity contribution is 0.111. The second kappa shape index (κ2) is 12.7. The van der Waals surface area contributed by atoms with Gasteiger partial charge in [-0.05, 0) is 36.4 Å². The minimum atomic E-state index is 0.0122. The zero-order chi connectivity index (χ0) is 18.5. The number of halogens is 2. The molecule has 0 heterocycles. The third kappa shape index (κ3) is 8.78. The summed E-state index contributed by atoms with van der Waals surface area (Å²) >= 11 is 6.33. The number of benzene rings is 2. The molecule has 6 N–H and O–H groups in total. The first-order valence-corrected chi connectivity index (χ1v) is 8.25. The summed E-state index contributed by atoms with van der Waals surface area (Å²) in [6.45, 7) is 1.19. The fourth-order valence-corrected chi connectivity index (χ4v) is 2.00. The van der Waals surface area contributed by atoms with Crippen molar-refractivity contribution in [2.24, 2.45) is 11.5 Å². The Balaban J connectivity index is 0.000000363. The van der Waals surface area contributed by atoms with Crippen molar-refractivity contribution in [1.29, 1.82) is 0 Å². The van der Waals surface area contributed by atoms with Crippen LogP contribution in [0, 0.1) is 0 Å². The number of nitrogens with two attached hydrogens (primary N) is 2. The van der Waals surface area contributed by atoms with Crippen LogP contribution in [0.2, 0.25) is 0 Å². The molecule has 0 amide bonds. The van der Waals surface area contributed by atoms with Gasteiger partial charge in [0.05, 0.1) is 11.1 Å². The summed E-state index contributed by atoms with van der Waals surface area (Å²) in [4.78, 5) is 20.4. The van der Waals surface area contributed by atoms with E-state index in [9.17, 15) is 9.59 Å². The van der Waals surface area contributed by atoms with Gasteiger partial charge in [0.25, 0.3) is 0 Å². The standard InChI is InChI=1S/2C7H5BrO2.C2H8N2/c2*8-6-1-2-7(10)5(3-6)4-9;3-1-2-4/h2*1-4,10H;1-4H2. The predicted molar refractivity (Wildman–Crippen MR) is 100 cm³/mol. The van der Waals surface area contributed by atoms with Crippen molar-refractivity contribution in [1.82, 2.24) is 0 Å². The molecule has 0 saturated heterocycles. The Labute approximate surface area is 156 Å². The van der Waals surface area contributed by atoms with Gasteiger partial charge in [-0.1, -0.05) is 31.9 Å². The quantitative estimate of drug-likeness (QED) is 0.520. The van der Waals surface area contributed by atoms with Gasteiger partial charge < -0.3 is 21.7 Å². The summed E-state index contributed by atoms with van der Waals surface area (Å²) in [7, 11) is 0. The summed E-state index contributed by atoms with van der Waals surface area (Å²) in [6, 6.07) is 9.39. The molecule has 0 saturated carbocycles. The summed E-state index contributed by atoms with van der Waals surface area (Å²) in [5, 5.41) is 18.0. The van der Waals surface area contributed by atoms with E-state index >= 15 is 0 Å². The summed E-state index contributed by atoms with van der Waals surface area (Å²) in [5.41, 5.74) is 10.4. The summed E-state index contributed by atoms with van der Waals surface area (Å²) in [6.07, 6.45) is 1.22. The third-order valence-electron chi connectivity index (χ3n) is 2.40. The molecule has 0 unspecified atom stereocenters. The molecule has 24 heavy (non-hydrogen) atoms. The minimum Gasteiger partial charge on any atom is -0.507 e. The molecule has 6 nitrogen and oxygen atoms in total. The van der Waals surface area contributed by atoms with Crippen molar-refractivity contribution in [3.05, 3.63) is 56.5 Å². The molecule has 0 spiro atoms. The van der Waals surface area contributed by atoms with Crippen molar-refractivity contribution >= 4 is 44.4 Å². The van der Waals surface area contributed by atoms with Crippen LogP contribution in [0.5, 0.6) is 11.5 Å². The van der Waals surface area contributed by atoms with Gasteiger partial charge in [-0.3, -0.25) is 9.59 Å². The molecule has 2 aromatic carbocycles. The molecule has 130 valence electrons. The first kappa shape index (κ1) is 22.3. The van der Waals surface area contributed by atoms with Crippen molar-refractivity contribution < 1.29 is 19.8 Å². The van der Waals surface area contributed by atoms with Crippen molar-refractivity contribution in [2.75, 3.05) is 13.1 Å². The van der Waals surface area contributed by atoms with E-state index in [1.807, 2.05) is 0 Å². The fraction of sp³-hybridized carbons (Fsp3) is 0.125. The van der Waals surface area contributed by atoms with Crippen molar-refractivity contribution in [3.8, 4) is 11.5 Å². The fourth-order valence-electron chi connectivity index (χ4n) is 1.24. The Bertz CT molecular complexity index is 609. The Hall–Kier alpha value is -1.74. The van der Waals surface area contributed by atoms with Crippen LogP contribution in [0.15, 0.2) is 45.3 Å². The number of carbonyl (C=O) groups is 2. The highest BCUT2D eigenvalue weighted by Crippen LogP contribution is 2.20. The van der Waals surface area contributed by atoms with E-state index in [-0.39, 0.29) is 11.5 Å². The molecule has 8 heteroatoms. The second-order valence-corrected chi connectivity index (χ2v) is 6.05. The maximum absolute atomic E-state index is 10.2. The lowest BCUT2D eigenvalue weighted by Gasteiger charge is -1.95. The van der Waals surface area contributed by atoms with Crippen LogP contribution in [-0.4, -0.2) is 35.9 Å². The van der Waals surface area contributed by atoms with E-state index in [0.29, 0.717) is 36.8 Å². The number of aromatic hydroxyl groups is 2. The number of carbonyl (C=O) groups excluding carboxylic acids is 2. The molecule has 0 aliphatic rings. The summed E-state index contributed by atoms with van der Waals surface area (Å²) in [5.74, 6) is 0.0244. The number of aldehydes is 2. The molecular weight excluding hydrogens is 444 g/mol. The van der Waals surface area contributed by atoms with Crippen LogP contribution in [0.3, 0.4) is 0 Å². The van der Waals surface area contributed by atoms with Crippen LogP contribution < -0.4 is 11.5 Å². The van der Waals surface area contributed by atoms with Crippen LogP contribution >= 0.6 is 31.9 Å². The van der Waals surface area contributed by atoms with Crippen LogP contribution in [-0.2, 0) is 0 Å². The second-order valence-electron chi connectivity index (χ2n) is 4.22. The van der Waals surface area contributed by atoms with Gasteiger partial charge in [-0.25, -0.2) is 0 Å². The average molecular weight is 462 g/mol. The smallest absolute Gasteiger partial charge is 0.153 e. The molecule has 0 aliphatic carbocycles. The number of rotatable bonds is 3. The van der Waals surface area contributed by atoms with Crippen molar-refractivity contribution in [3.63, 3.8) is 0 Å². The van der Waals surface area contributed by atoms with Gasteiger partial charge in [0, 0.05) is 22.0 Å². The van der Waals surface area contributed by atoms with Crippen molar-refractivity contribution in [2.45, 2.75) is 0 Å². The zero-order valence-corrected chi connectivity index (χ0v) is 15.8. The largest absolute Gasteiger partial charge is 0.507 e. The van der Waals surface area contributed by atoms with E-state index in [4.69, 9.17) is 21.7 Å². The summed E-state index contributed by atoms with van der Waals surface area (Å²) < 4.78 is 1.57. The van der Waals surface area contributed by atoms with Crippen LogP contribution in [0.1, 0.15) is 20.7 Å². The number of hydrogen-bond donors (Lipinski definition) is 4. The number of phenols is 2. The van der Waals surface area contributed by atoms with Crippen LogP contribution in [0.4, 0.5) is 0 Å². The maximum atomic E-state index is 10.2. The molecule has 2 rings (SSSR count). The molecule has 0 aliphatic heterocycles. The Morgan fingerprint density at radius 3 is 1.33 bits per heavy atom. The van der Waals surface area contributed by atoms with E-state index in [0.717, 1.165) is 8.95 Å². The molecule has 0 radical (unpaired) electrons. The van der Waals surface area contributed by atoms with Gasteiger partial charge in [0.15, 0.2) is 12.6 Å². The normalized spacial score (nSPS) is 9.00. The van der Waals surface area contributed by atoms with Gasteiger partial charge in [-0.2, -0.15) is 0 Å². The van der Waals surface area contributed by atoms with E-state index < -0.39 is 0 Å². The highest BCUT2D eigenvalue weighted by Gasteiger charge is 1.98. The van der Waals surface area contributed by atoms with Crippen LogP contribution in [0.25, 0.3) is 0 Å². The van der Waals surface area contributed by atoms with E-state index in [1.54, 1.807) is 24.3 Å². The molecule has 0 fully saturated rings. The first-order chi connectivity index (χ1) is 11.4. The Kier molecular flexibility index (Phi) is 11.7. The maximum Gasteiger partial charge on any atom is 0.153 e. The number of hydrogen-bond acceptors (Lipinski definition) is 6. The molecule has 2 aromatic rings. The third-order valence-corrected chi connectivity index (χ3v) is 3.39. The Morgan fingerprint density at radius 2 is 1.12 bits per heavy atom. The monoisotopic (exact) mass is 460 g/mol. The predicted octanol–water partition coefficient (Wildman–Crippen LogP) is 2.84. The van der Waals surface area contributed by atoms with Gasteiger partial charge >= 0.3 is 0 Å². The molecule has 0 bridgehead atoms. The zero-order valence-electron chi connectivity index (χ0n) is 12.7. The van der Waals surface area contributed by atoms with E-state index in [1.165, 1.54) is 12.1 Å². The van der Waals surface area contributed by atoms with Gasteiger partial charge in [-0.15, -0.1) is 0 Å². The lowest BCUT2D eigenvalue weighted by atomic mass is 10.2. The van der Waals surface area contributed by atoms with Gasteiger partial charge in [0.2, 0.25) is 0 Å². The SMILES string of the molecule is NCCN.O=Cc1cc(Br)ccc1O.O=Cc1cc(Br)ccc1O. The highest BCUT2D eigenvalue weighted by molar-refractivity contribution is 9.10. The highest BCUT2D eigenvalue weighted by atomic mass is 79.9. The molecule has 0 aromatic heterocycles. The first-order valence-electron chi connectivity index (χ1n) is 6.67. The number of phenolic OH excluding ortho intramolecular Hbond substituents is 2. The lowest BCUT2D eigenvalue weighted by Crippen LogP contribution is -2.11. The van der Waals surface area contributed by atoms with Gasteiger partial charge in [0.1, 0.15) is 11.5 Å². The minimum absolute atomic E-state index is 0.0122.